The zero-order chi connectivity index (χ0) is 17.1. The van der Waals surface area contributed by atoms with Crippen molar-refractivity contribution in [2.75, 3.05) is 13.7 Å². The van der Waals surface area contributed by atoms with E-state index in [9.17, 15) is 0 Å². The zero-order valence-corrected chi connectivity index (χ0v) is 14.1. The van der Waals surface area contributed by atoms with Crippen LogP contribution in [0.5, 0.6) is 5.75 Å². The Morgan fingerprint density at radius 3 is 2.92 bits per heavy atom. The minimum atomic E-state index is -0.0147. The third kappa shape index (κ3) is 3.25. The molecule has 25 heavy (non-hydrogen) atoms. The van der Waals surface area contributed by atoms with Crippen LogP contribution >= 0.6 is 0 Å². The predicted octanol–water partition coefficient (Wildman–Crippen LogP) is 3.11. The fraction of sp³-hybridized carbons (Fsp3) is 0.316. The molecule has 1 fully saturated rings. The Balaban J connectivity index is 1.71. The Hall–Kier alpha value is -2.73. The monoisotopic (exact) mass is 336 g/mol. The average Bonchev–Trinajstić information content (AvgIpc) is 3.32. The topological polar surface area (TPSA) is 62.1 Å². The zero-order valence-electron chi connectivity index (χ0n) is 14.1. The second-order valence-electron chi connectivity index (χ2n) is 6.00. The van der Waals surface area contributed by atoms with E-state index in [1.54, 1.807) is 19.5 Å². The van der Waals surface area contributed by atoms with Gasteiger partial charge in [-0.25, -0.2) is 9.67 Å². The Kier molecular flexibility index (Phi) is 4.43. The number of hydrogen-bond donors (Lipinski definition) is 0. The summed E-state index contributed by atoms with van der Waals surface area (Å²) in [7, 11) is 1.68. The number of pyridine rings is 1. The highest BCUT2D eigenvalue weighted by Gasteiger charge is 2.25. The molecule has 0 bridgehead atoms. The van der Waals surface area contributed by atoms with Crippen LogP contribution in [0.1, 0.15) is 36.2 Å². The van der Waals surface area contributed by atoms with Crippen LogP contribution in [0.3, 0.4) is 0 Å². The van der Waals surface area contributed by atoms with Crippen LogP contribution in [0.25, 0.3) is 5.69 Å². The van der Waals surface area contributed by atoms with Crippen molar-refractivity contribution in [2.45, 2.75) is 25.4 Å². The highest BCUT2D eigenvalue weighted by atomic mass is 16.5. The molecule has 1 saturated heterocycles. The first-order chi connectivity index (χ1) is 12.3. The second kappa shape index (κ2) is 7.03. The van der Waals surface area contributed by atoms with Crippen molar-refractivity contribution in [2.24, 2.45) is 0 Å². The summed E-state index contributed by atoms with van der Waals surface area (Å²) >= 11 is 0. The van der Waals surface area contributed by atoms with Gasteiger partial charge in [0.15, 0.2) is 11.6 Å². The van der Waals surface area contributed by atoms with Gasteiger partial charge in [0, 0.05) is 24.8 Å². The molecular weight excluding hydrogens is 316 g/mol. The van der Waals surface area contributed by atoms with E-state index >= 15 is 0 Å². The lowest BCUT2D eigenvalue weighted by Crippen LogP contribution is -2.08. The largest absolute Gasteiger partial charge is 0.496 e. The Bertz CT molecular complexity index is 842. The van der Waals surface area contributed by atoms with Crippen molar-refractivity contribution in [3.8, 4) is 11.4 Å². The maximum absolute atomic E-state index is 5.84. The smallest absolute Gasteiger partial charge is 0.161 e. The molecule has 6 heteroatoms. The fourth-order valence-corrected chi connectivity index (χ4v) is 3.12. The van der Waals surface area contributed by atoms with Gasteiger partial charge in [-0.3, -0.25) is 4.98 Å². The maximum Gasteiger partial charge on any atom is 0.161 e. The lowest BCUT2D eigenvalue weighted by Gasteiger charge is -2.10. The third-order valence-electron chi connectivity index (χ3n) is 4.33. The molecular formula is C19H20N4O2. The highest BCUT2D eigenvalue weighted by Crippen LogP contribution is 2.29. The van der Waals surface area contributed by atoms with Crippen molar-refractivity contribution in [3.63, 3.8) is 0 Å². The summed E-state index contributed by atoms with van der Waals surface area (Å²) in [6, 6.07) is 11.8. The number of benzene rings is 1. The number of rotatable bonds is 5. The van der Waals surface area contributed by atoms with Crippen molar-refractivity contribution in [3.05, 3.63) is 66.0 Å². The SMILES string of the molecule is COc1ccccc1Cc1nc([C@H]2CCCO2)n(-c2cccnc2)n1. The number of para-hydroxylation sites is 1. The van der Waals surface area contributed by atoms with E-state index in [0.29, 0.717) is 6.42 Å². The first-order valence-electron chi connectivity index (χ1n) is 8.45. The van der Waals surface area contributed by atoms with Gasteiger partial charge in [-0.1, -0.05) is 18.2 Å². The molecule has 6 nitrogen and oxygen atoms in total. The molecule has 0 unspecified atom stereocenters. The van der Waals surface area contributed by atoms with Crippen molar-refractivity contribution in [1.82, 2.24) is 19.7 Å². The van der Waals surface area contributed by atoms with Crippen LogP contribution in [-0.2, 0) is 11.2 Å². The van der Waals surface area contributed by atoms with E-state index in [1.165, 1.54) is 0 Å². The van der Waals surface area contributed by atoms with Gasteiger partial charge in [0.1, 0.15) is 11.9 Å². The van der Waals surface area contributed by atoms with Crippen LogP contribution in [0.15, 0.2) is 48.8 Å². The minimum Gasteiger partial charge on any atom is -0.496 e. The quantitative estimate of drug-likeness (QED) is 0.716. The molecule has 0 aliphatic carbocycles. The first-order valence-corrected chi connectivity index (χ1v) is 8.45. The normalized spacial score (nSPS) is 16.9. The minimum absolute atomic E-state index is 0.0147. The van der Waals surface area contributed by atoms with Crippen LogP contribution in [-0.4, -0.2) is 33.5 Å². The van der Waals surface area contributed by atoms with E-state index in [0.717, 1.165) is 48.1 Å². The van der Waals surface area contributed by atoms with Gasteiger partial charge in [0.25, 0.3) is 0 Å². The summed E-state index contributed by atoms with van der Waals surface area (Å²) in [5.41, 5.74) is 1.96. The van der Waals surface area contributed by atoms with E-state index in [4.69, 9.17) is 19.6 Å². The highest BCUT2D eigenvalue weighted by molar-refractivity contribution is 5.36. The number of methoxy groups -OCH3 is 1. The Morgan fingerprint density at radius 2 is 2.16 bits per heavy atom. The van der Waals surface area contributed by atoms with Gasteiger partial charge in [0.2, 0.25) is 0 Å². The standard InChI is InChI=1S/C19H20N4O2/c1-24-16-8-3-2-6-14(16)12-18-21-19(17-9-5-11-25-17)23(22-18)15-7-4-10-20-13-15/h2-4,6-8,10,13,17H,5,9,11-12H2,1H3/t17-/m1/s1. The number of ether oxygens (including phenoxy) is 2. The first kappa shape index (κ1) is 15.8. The molecule has 0 saturated carbocycles. The average molecular weight is 336 g/mol. The molecule has 0 radical (unpaired) electrons. The Labute approximate surface area is 146 Å². The van der Waals surface area contributed by atoms with Gasteiger partial charge in [0.05, 0.1) is 19.0 Å². The predicted molar refractivity (Wildman–Crippen MR) is 92.9 cm³/mol. The summed E-state index contributed by atoms with van der Waals surface area (Å²) in [5.74, 6) is 2.44. The van der Waals surface area contributed by atoms with Crippen LogP contribution < -0.4 is 4.74 Å². The van der Waals surface area contributed by atoms with Crippen LogP contribution in [0, 0.1) is 0 Å². The molecule has 0 spiro atoms. The molecule has 3 heterocycles. The van der Waals surface area contributed by atoms with Gasteiger partial charge in [-0.15, -0.1) is 0 Å². The van der Waals surface area contributed by atoms with Gasteiger partial charge in [-0.05, 0) is 31.0 Å². The number of hydrogen-bond acceptors (Lipinski definition) is 5. The second-order valence-corrected chi connectivity index (χ2v) is 6.00. The van der Waals surface area contributed by atoms with Crippen LogP contribution in [0.2, 0.25) is 0 Å². The molecule has 4 rings (SSSR count). The molecule has 1 atom stereocenters. The lowest BCUT2D eigenvalue weighted by molar-refractivity contribution is 0.103. The van der Waals surface area contributed by atoms with E-state index < -0.39 is 0 Å². The van der Waals surface area contributed by atoms with Crippen molar-refractivity contribution in [1.29, 1.82) is 0 Å². The molecule has 128 valence electrons. The van der Waals surface area contributed by atoms with E-state index in [1.807, 2.05) is 41.1 Å². The molecule has 1 aromatic carbocycles. The van der Waals surface area contributed by atoms with Gasteiger partial charge >= 0.3 is 0 Å². The van der Waals surface area contributed by atoms with E-state index in [2.05, 4.69) is 4.98 Å². The molecule has 1 aliphatic heterocycles. The molecule has 1 aliphatic rings. The molecule has 0 N–H and O–H groups in total. The summed E-state index contributed by atoms with van der Waals surface area (Å²) in [4.78, 5) is 8.98. The molecule has 3 aromatic rings. The molecule has 2 aromatic heterocycles. The van der Waals surface area contributed by atoms with Gasteiger partial charge < -0.3 is 9.47 Å². The fourth-order valence-electron chi connectivity index (χ4n) is 3.12. The molecule has 0 amide bonds. The van der Waals surface area contributed by atoms with Crippen LogP contribution in [0.4, 0.5) is 0 Å². The summed E-state index contributed by atoms with van der Waals surface area (Å²) in [6.07, 6.45) is 6.15. The maximum atomic E-state index is 5.84. The Morgan fingerprint density at radius 1 is 1.24 bits per heavy atom. The number of nitrogens with zero attached hydrogens (tertiary/aromatic N) is 4. The van der Waals surface area contributed by atoms with Gasteiger partial charge in [-0.2, -0.15) is 5.10 Å². The summed E-state index contributed by atoms with van der Waals surface area (Å²) in [5, 5.41) is 4.73. The lowest BCUT2D eigenvalue weighted by atomic mass is 10.1. The van der Waals surface area contributed by atoms with Crippen molar-refractivity contribution >= 4 is 0 Å². The summed E-state index contributed by atoms with van der Waals surface area (Å²) in [6.45, 7) is 0.770. The third-order valence-corrected chi connectivity index (χ3v) is 4.33. The van der Waals surface area contributed by atoms with E-state index in [-0.39, 0.29) is 6.10 Å². The van der Waals surface area contributed by atoms with Crippen molar-refractivity contribution < 1.29 is 9.47 Å². The summed E-state index contributed by atoms with van der Waals surface area (Å²) < 4.78 is 13.1. The number of aromatic nitrogens is 4.